The summed E-state index contributed by atoms with van der Waals surface area (Å²) in [5, 5.41) is 52.3. The predicted molar refractivity (Wildman–Crippen MR) is 154 cm³/mol. The Morgan fingerprint density at radius 1 is 1.24 bits per heavy atom. The molecule has 3 aliphatic rings. The topological polar surface area (TPSA) is 266 Å². The average Bonchev–Trinajstić information content (AvgIpc) is 2.92. The molecule has 1 aliphatic carbocycles. The minimum absolute atomic E-state index is 0.0973. The van der Waals surface area contributed by atoms with Crippen molar-refractivity contribution < 1.29 is 39.4 Å². The SMILES string of the molecule is CN[C@@H]1[C@@H](O)[C@@H](O[C@H]2[C@H](NC(=O)[C@@H](O)CN)C[C@H](N)C([C@H]3OC(CNCC(C)(C)CN)=CC[C@H]3N)[C@@H]2O)OC[C@]1(C)O. The lowest BCUT2D eigenvalue weighted by atomic mass is 9.72. The number of rotatable bonds is 12. The molecule has 0 aromatic carbocycles. The number of ether oxygens (including phenoxy) is 3. The maximum absolute atomic E-state index is 12.6. The molecule has 0 bridgehead atoms. The number of carbonyl (C=O) groups is 1. The van der Waals surface area contributed by atoms with Gasteiger partial charge in [-0.1, -0.05) is 13.8 Å². The van der Waals surface area contributed by atoms with Gasteiger partial charge in [-0.05, 0) is 44.8 Å². The summed E-state index contributed by atoms with van der Waals surface area (Å²) in [5.41, 5.74) is 22.9. The molecule has 0 radical (unpaired) electrons. The molecule has 0 spiro atoms. The van der Waals surface area contributed by atoms with Crippen molar-refractivity contribution >= 4 is 5.91 Å². The van der Waals surface area contributed by atoms with Gasteiger partial charge < -0.3 is 73.5 Å². The number of amides is 1. The highest BCUT2D eigenvalue weighted by Crippen LogP contribution is 2.36. The first kappa shape index (κ1) is 35.0. The Morgan fingerprint density at radius 3 is 2.55 bits per heavy atom. The van der Waals surface area contributed by atoms with E-state index in [0.29, 0.717) is 31.8 Å². The van der Waals surface area contributed by atoms with Gasteiger partial charge in [-0.2, -0.15) is 0 Å². The summed E-state index contributed by atoms with van der Waals surface area (Å²) in [7, 11) is 1.59. The van der Waals surface area contributed by atoms with E-state index < -0.39 is 78.4 Å². The van der Waals surface area contributed by atoms with Crippen molar-refractivity contribution in [2.24, 2.45) is 34.3 Å². The Kier molecular flexibility index (Phi) is 12.1. The highest BCUT2D eigenvalue weighted by atomic mass is 16.7. The molecule has 2 aliphatic heterocycles. The fourth-order valence-corrected chi connectivity index (χ4v) is 5.94. The molecule has 1 saturated carbocycles. The number of likely N-dealkylation sites (N-methyl/N-ethyl adjacent to an activating group) is 1. The highest BCUT2D eigenvalue weighted by molar-refractivity contribution is 5.81. The maximum atomic E-state index is 12.6. The maximum Gasteiger partial charge on any atom is 0.250 e. The molecule has 0 aromatic rings. The van der Waals surface area contributed by atoms with Gasteiger partial charge in [-0.25, -0.2) is 0 Å². The van der Waals surface area contributed by atoms with Crippen molar-refractivity contribution in [1.29, 1.82) is 0 Å². The normalized spacial score (nSPS) is 40.1. The Labute approximate surface area is 247 Å². The Hall–Kier alpha value is -1.47. The van der Waals surface area contributed by atoms with Crippen LogP contribution in [0.5, 0.6) is 0 Å². The van der Waals surface area contributed by atoms with Crippen LogP contribution in [0.2, 0.25) is 0 Å². The van der Waals surface area contributed by atoms with E-state index in [-0.39, 0.29) is 25.0 Å². The van der Waals surface area contributed by atoms with E-state index in [2.05, 4.69) is 29.8 Å². The minimum Gasteiger partial charge on any atom is -0.492 e. The first-order chi connectivity index (χ1) is 19.7. The van der Waals surface area contributed by atoms with E-state index in [1.165, 1.54) is 6.92 Å². The van der Waals surface area contributed by atoms with Crippen LogP contribution in [0.3, 0.4) is 0 Å². The minimum atomic E-state index is -1.48. The molecule has 15 nitrogen and oxygen atoms in total. The molecule has 15 heteroatoms. The van der Waals surface area contributed by atoms with Gasteiger partial charge >= 0.3 is 0 Å². The molecule has 42 heavy (non-hydrogen) atoms. The molecule has 1 unspecified atom stereocenters. The number of hydrogen-bond acceptors (Lipinski definition) is 14. The lowest BCUT2D eigenvalue weighted by Gasteiger charge is -2.50. The zero-order chi connectivity index (χ0) is 31.4. The second-order valence-electron chi connectivity index (χ2n) is 12.9. The van der Waals surface area contributed by atoms with Crippen LogP contribution in [-0.4, -0.2) is 133 Å². The van der Waals surface area contributed by atoms with Crippen LogP contribution < -0.4 is 38.9 Å². The van der Waals surface area contributed by atoms with E-state index in [0.717, 1.165) is 0 Å². The van der Waals surface area contributed by atoms with Gasteiger partial charge in [0.25, 0.3) is 0 Å². The zero-order valence-electron chi connectivity index (χ0n) is 25.1. The quantitative estimate of drug-likeness (QED) is 0.100. The second kappa shape index (κ2) is 14.5. The number of aliphatic hydroxyl groups excluding tert-OH is 3. The van der Waals surface area contributed by atoms with Gasteiger partial charge in [0.1, 0.15) is 35.8 Å². The Morgan fingerprint density at radius 2 is 1.93 bits per heavy atom. The molecule has 2 heterocycles. The largest absolute Gasteiger partial charge is 0.492 e. The van der Waals surface area contributed by atoms with Gasteiger partial charge in [0, 0.05) is 31.1 Å². The van der Waals surface area contributed by atoms with Crippen molar-refractivity contribution in [2.75, 3.05) is 39.8 Å². The van der Waals surface area contributed by atoms with E-state index in [1.54, 1.807) is 7.05 Å². The molecular weight excluding hydrogens is 550 g/mol. The predicted octanol–water partition coefficient (Wildman–Crippen LogP) is -4.49. The summed E-state index contributed by atoms with van der Waals surface area (Å²) in [5.74, 6) is -0.805. The monoisotopic (exact) mass is 603 g/mol. The van der Waals surface area contributed by atoms with Crippen LogP contribution in [0.4, 0.5) is 0 Å². The fraction of sp³-hybridized carbons (Fsp3) is 0.889. The van der Waals surface area contributed by atoms with E-state index >= 15 is 0 Å². The molecule has 244 valence electrons. The molecule has 2 fully saturated rings. The molecule has 1 saturated heterocycles. The number of nitrogens with one attached hydrogen (secondary N) is 3. The van der Waals surface area contributed by atoms with Crippen molar-refractivity contribution in [3.8, 4) is 0 Å². The van der Waals surface area contributed by atoms with Crippen LogP contribution >= 0.6 is 0 Å². The number of aliphatic hydroxyl groups is 4. The van der Waals surface area contributed by atoms with Crippen LogP contribution in [-0.2, 0) is 19.0 Å². The van der Waals surface area contributed by atoms with Crippen molar-refractivity contribution in [2.45, 2.75) is 100 Å². The first-order valence-electron chi connectivity index (χ1n) is 14.6. The first-order valence-corrected chi connectivity index (χ1v) is 14.6. The van der Waals surface area contributed by atoms with Crippen molar-refractivity contribution in [1.82, 2.24) is 16.0 Å². The van der Waals surface area contributed by atoms with E-state index in [4.69, 9.17) is 37.1 Å². The fourth-order valence-electron chi connectivity index (χ4n) is 5.94. The van der Waals surface area contributed by atoms with Crippen LogP contribution in [0.25, 0.3) is 0 Å². The third kappa shape index (κ3) is 8.16. The second-order valence-corrected chi connectivity index (χ2v) is 12.9. The third-order valence-electron chi connectivity index (χ3n) is 8.60. The van der Waals surface area contributed by atoms with Crippen LogP contribution in [0.1, 0.15) is 33.6 Å². The van der Waals surface area contributed by atoms with E-state index in [9.17, 15) is 25.2 Å². The number of carbonyl (C=O) groups excluding carboxylic acids is 1. The van der Waals surface area contributed by atoms with Gasteiger partial charge in [0.2, 0.25) is 5.91 Å². The summed E-state index contributed by atoms with van der Waals surface area (Å²) in [4.78, 5) is 12.6. The Bertz CT molecular complexity index is 925. The summed E-state index contributed by atoms with van der Waals surface area (Å²) >= 11 is 0. The summed E-state index contributed by atoms with van der Waals surface area (Å²) in [6.45, 7) is 6.80. The average molecular weight is 604 g/mol. The summed E-state index contributed by atoms with van der Waals surface area (Å²) < 4.78 is 18.1. The zero-order valence-corrected chi connectivity index (χ0v) is 25.1. The van der Waals surface area contributed by atoms with Gasteiger partial charge in [0.05, 0.1) is 31.3 Å². The molecule has 1 amide bonds. The lowest BCUT2D eigenvalue weighted by molar-refractivity contribution is -0.297. The number of nitrogens with two attached hydrogens (primary N) is 4. The molecule has 15 N–H and O–H groups in total. The smallest absolute Gasteiger partial charge is 0.250 e. The third-order valence-corrected chi connectivity index (χ3v) is 8.60. The van der Waals surface area contributed by atoms with Crippen molar-refractivity contribution in [3.05, 3.63) is 11.8 Å². The van der Waals surface area contributed by atoms with Crippen molar-refractivity contribution in [3.63, 3.8) is 0 Å². The summed E-state index contributed by atoms with van der Waals surface area (Å²) in [6, 6.07) is -2.84. The van der Waals surface area contributed by atoms with Crippen LogP contribution in [0, 0.1) is 11.3 Å². The standard InChI is InChI=1S/C27H53N7O8/c1-26(2,10-29)11-33-9-13-5-6-14(30)21(41-13)18-15(31)7-16(34-24(38)17(35)8-28)22(19(18)36)42-25-20(37)23(32-4)27(3,39)12-40-25/h5,14-23,25,32-33,35-37,39H,6-12,28-31H2,1-4H3,(H,34,38)/t14-,15+,16-,17+,18?,19+,20-,21+,22+,23-,25-,27+/m1/s1. The molecule has 0 aromatic heterocycles. The molecule has 12 atom stereocenters. The van der Waals surface area contributed by atoms with Gasteiger partial charge in [0.15, 0.2) is 6.29 Å². The highest BCUT2D eigenvalue weighted by Gasteiger charge is 2.53. The number of hydrogen-bond donors (Lipinski definition) is 11. The Balaban J connectivity index is 1.82. The summed E-state index contributed by atoms with van der Waals surface area (Å²) in [6.07, 6.45) is -4.66. The van der Waals surface area contributed by atoms with Gasteiger partial charge in [-0.3, -0.25) is 4.79 Å². The van der Waals surface area contributed by atoms with Gasteiger partial charge in [-0.15, -0.1) is 0 Å². The van der Waals surface area contributed by atoms with Crippen LogP contribution in [0.15, 0.2) is 11.8 Å². The molecular formula is C27H53N7O8. The lowest BCUT2D eigenvalue weighted by Crippen LogP contribution is -2.69. The molecule has 3 rings (SSSR count). The van der Waals surface area contributed by atoms with E-state index in [1.807, 2.05) is 6.08 Å².